The van der Waals surface area contributed by atoms with Crippen LogP contribution >= 0.6 is 0 Å². The highest BCUT2D eigenvalue weighted by Gasteiger charge is 2.13. The monoisotopic (exact) mass is 643 g/mol. The summed E-state index contributed by atoms with van der Waals surface area (Å²) < 4.78 is 5.90. The summed E-state index contributed by atoms with van der Waals surface area (Å²) in [6, 6.07) is 0. The van der Waals surface area contributed by atoms with Crippen molar-refractivity contribution in [3.63, 3.8) is 0 Å². The van der Waals surface area contributed by atoms with E-state index in [9.17, 15) is 9.59 Å². The molecule has 46 heavy (non-hydrogen) atoms. The summed E-state index contributed by atoms with van der Waals surface area (Å²) in [7, 11) is 0. The van der Waals surface area contributed by atoms with Crippen LogP contribution in [-0.2, 0) is 14.3 Å². The molecule has 0 aliphatic rings. The lowest BCUT2D eigenvalue weighted by atomic mass is 10.0. The molecule has 1 atom stereocenters. The van der Waals surface area contributed by atoms with Gasteiger partial charge in [-0.1, -0.05) is 165 Å². The Morgan fingerprint density at radius 1 is 0.478 bits per heavy atom. The first-order valence-electron chi connectivity index (χ1n) is 19.6. The van der Waals surface area contributed by atoms with E-state index in [0.717, 1.165) is 77.0 Å². The summed E-state index contributed by atoms with van der Waals surface area (Å²) in [4.78, 5) is 23.0. The molecule has 0 amide bonds. The summed E-state index contributed by atoms with van der Waals surface area (Å²) in [5.74, 6) is -0.687. The van der Waals surface area contributed by atoms with E-state index in [1.165, 1.54) is 96.3 Å². The highest BCUT2D eigenvalue weighted by molar-refractivity contribution is 5.69. The van der Waals surface area contributed by atoms with Crippen LogP contribution < -0.4 is 0 Å². The zero-order chi connectivity index (χ0) is 33.6. The molecule has 1 unspecified atom stereocenters. The largest absolute Gasteiger partial charge is 0.481 e. The Morgan fingerprint density at radius 2 is 0.891 bits per heavy atom. The van der Waals surface area contributed by atoms with Crippen molar-refractivity contribution in [3.8, 4) is 0 Å². The smallest absolute Gasteiger partial charge is 0.306 e. The van der Waals surface area contributed by atoms with E-state index in [0.29, 0.717) is 12.8 Å². The fourth-order valence-corrected chi connectivity index (χ4v) is 5.63. The molecule has 0 aromatic carbocycles. The lowest BCUT2D eigenvalue weighted by Gasteiger charge is -2.17. The second-order valence-corrected chi connectivity index (χ2v) is 13.1. The minimum Gasteiger partial charge on any atom is -0.481 e. The predicted octanol–water partition coefficient (Wildman–Crippen LogP) is 13.6. The summed E-state index contributed by atoms with van der Waals surface area (Å²) >= 11 is 0. The summed E-state index contributed by atoms with van der Waals surface area (Å²) in [6.45, 7) is 4.45. The van der Waals surface area contributed by atoms with E-state index in [1.54, 1.807) is 0 Å². The average Bonchev–Trinajstić information content (AvgIpc) is 3.04. The van der Waals surface area contributed by atoms with Crippen LogP contribution in [0.3, 0.4) is 0 Å². The Kier molecular flexibility index (Phi) is 35.7. The van der Waals surface area contributed by atoms with Crippen LogP contribution in [0.1, 0.15) is 200 Å². The normalized spacial score (nSPS) is 12.7. The molecule has 0 radical (unpaired) electrons. The molecule has 0 spiro atoms. The maximum atomic E-state index is 12.5. The molecule has 1 N–H and O–H groups in total. The van der Waals surface area contributed by atoms with Gasteiger partial charge in [0.15, 0.2) is 0 Å². The number of aliphatic carboxylic acids is 1. The Labute approximate surface area is 285 Å². The highest BCUT2D eigenvalue weighted by atomic mass is 16.5. The van der Waals surface area contributed by atoms with Gasteiger partial charge in [-0.3, -0.25) is 9.59 Å². The van der Waals surface area contributed by atoms with Gasteiger partial charge in [0.05, 0.1) is 0 Å². The van der Waals surface area contributed by atoms with Gasteiger partial charge in [-0.05, 0) is 70.6 Å². The molecule has 0 saturated carbocycles. The van der Waals surface area contributed by atoms with Crippen LogP contribution in [0.15, 0.2) is 48.6 Å². The number of carboxylic acids is 1. The second kappa shape index (κ2) is 37.4. The van der Waals surface area contributed by atoms with Crippen molar-refractivity contribution in [1.82, 2.24) is 0 Å². The van der Waals surface area contributed by atoms with Gasteiger partial charge < -0.3 is 9.84 Å². The van der Waals surface area contributed by atoms with Crippen LogP contribution in [0.2, 0.25) is 0 Å². The third-order valence-electron chi connectivity index (χ3n) is 8.55. The molecule has 0 aliphatic carbocycles. The summed E-state index contributed by atoms with van der Waals surface area (Å²) in [5, 5.41) is 8.66. The van der Waals surface area contributed by atoms with E-state index in [2.05, 4.69) is 62.5 Å². The number of esters is 1. The van der Waals surface area contributed by atoms with Crippen LogP contribution in [0.25, 0.3) is 0 Å². The van der Waals surface area contributed by atoms with Crippen LogP contribution in [0.5, 0.6) is 0 Å². The number of hydrogen-bond donors (Lipinski definition) is 1. The molecule has 0 aromatic rings. The number of carbonyl (C=O) groups excluding carboxylic acids is 1. The predicted molar refractivity (Wildman–Crippen MR) is 199 cm³/mol. The third-order valence-corrected chi connectivity index (χ3v) is 8.55. The molecule has 266 valence electrons. The van der Waals surface area contributed by atoms with Gasteiger partial charge in [0, 0.05) is 12.8 Å². The molecule has 0 fully saturated rings. The second-order valence-electron chi connectivity index (χ2n) is 13.1. The fourth-order valence-electron chi connectivity index (χ4n) is 5.63. The van der Waals surface area contributed by atoms with Crippen molar-refractivity contribution < 1.29 is 19.4 Å². The molecule has 0 rings (SSSR count). The number of ether oxygens (including phenoxy) is 1. The number of unbranched alkanes of at least 4 members (excludes halogenated alkanes) is 18. The zero-order valence-corrected chi connectivity index (χ0v) is 30.4. The number of allylic oxidation sites excluding steroid dienone is 8. The van der Waals surface area contributed by atoms with E-state index in [4.69, 9.17) is 9.84 Å². The maximum absolute atomic E-state index is 12.5. The van der Waals surface area contributed by atoms with Gasteiger partial charge in [0.1, 0.15) is 6.10 Å². The van der Waals surface area contributed by atoms with Crippen molar-refractivity contribution in [2.75, 3.05) is 0 Å². The fraction of sp³-hybridized carbons (Fsp3) is 0.762. The first kappa shape index (κ1) is 43.9. The average molecular weight is 643 g/mol. The van der Waals surface area contributed by atoms with Gasteiger partial charge in [-0.2, -0.15) is 0 Å². The first-order chi connectivity index (χ1) is 22.6. The lowest BCUT2D eigenvalue weighted by Crippen LogP contribution is -2.18. The molecule has 0 saturated heterocycles. The first-order valence-corrected chi connectivity index (χ1v) is 19.6. The summed E-state index contributed by atoms with van der Waals surface area (Å²) in [6.07, 6.45) is 50.3. The third kappa shape index (κ3) is 36.4. The molecule has 0 aromatic heterocycles. The standard InChI is InChI=1S/C42H74O4/c1-3-5-7-8-9-10-11-12-13-14-15-20-23-26-29-32-35-39-42(45)46-40(36-6-4-2)37-33-30-27-24-21-18-16-17-19-22-25-28-31-34-38-41(43)44/h9-10,12-13,15,20,26,29,40H,3-8,11,14,16-19,21-25,27-28,30-39H2,1-2H3,(H,43,44)/b10-9-,13-12-,20-15-,29-26-. The summed E-state index contributed by atoms with van der Waals surface area (Å²) in [5.41, 5.74) is 0. The van der Waals surface area contributed by atoms with E-state index >= 15 is 0 Å². The highest BCUT2D eigenvalue weighted by Crippen LogP contribution is 2.17. The van der Waals surface area contributed by atoms with Gasteiger partial charge in [-0.15, -0.1) is 0 Å². The van der Waals surface area contributed by atoms with Crippen molar-refractivity contribution >= 4 is 11.9 Å². The van der Waals surface area contributed by atoms with Crippen molar-refractivity contribution in [2.24, 2.45) is 0 Å². The Hall–Kier alpha value is -2.10. The number of carboxylic acid groups (broad SMARTS) is 1. The van der Waals surface area contributed by atoms with Crippen LogP contribution in [0.4, 0.5) is 0 Å². The molecule has 4 nitrogen and oxygen atoms in total. The minimum absolute atomic E-state index is 0.0184. The van der Waals surface area contributed by atoms with Gasteiger partial charge in [-0.25, -0.2) is 0 Å². The molecular formula is C42H74O4. The number of carbonyl (C=O) groups is 2. The number of hydrogen-bond acceptors (Lipinski definition) is 3. The Morgan fingerprint density at radius 3 is 1.37 bits per heavy atom. The van der Waals surface area contributed by atoms with Crippen LogP contribution in [-0.4, -0.2) is 23.1 Å². The topological polar surface area (TPSA) is 63.6 Å². The van der Waals surface area contributed by atoms with Gasteiger partial charge >= 0.3 is 11.9 Å². The number of rotatable bonds is 35. The van der Waals surface area contributed by atoms with Crippen molar-refractivity contribution in [1.29, 1.82) is 0 Å². The van der Waals surface area contributed by atoms with Crippen molar-refractivity contribution in [2.45, 2.75) is 206 Å². The lowest BCUT2D eigenvalue weighted by molar-refractivity contribution is -0.150. The quantitative estimate of drug-likeness (QED) is 0.0424. The van der Waals surface area contributed by atoms with E-state index in [-0.39, 0.29) is 12.1 Å². The SMILES string of the molecule is CCCCC/C=C\C/C=C\C/C=C\C/C=C\CCCC(=O)OC(CCCC)CCCCCCCCCCCCCCCCC(=O)O. The molecule has 4 heteroatoms. The zero-order valence-electron chi connectivity index (χ0n) is 30.4. The Balaban J connectivity index is 3.75. The maximum Gasteiger partial charge on any atom is 0.306 e. The van der Waals surface area contributed by atoms with Gasteiger partial charge in [0.25, 0.3) is 0 Å². The molecular weight excluding hydrogens is 568 g/mol. The Bertz CT molecular complexity index is 779. The molecule has 0 heterocycles. The molecule has 0 aliphatic heterocycles. The van der Waals surface area contributed by atoms with Crippen molar-refractivity contribution in [3.05, 3.63) is 48.6 Å². The minimum atomic E-state index is -0.669. The van der Waals surface area contributed by atoms with E-state index in [1.807, 2.05) is 0 Å². The van der Waals surface area contributed by atoms with Gasteiger partial charge in [0.2, 0.25) is 0 Å². The van der Waals surface area contributed by atoms with Crippen LogP contribution in [0, 0.1) is 0 Å². The van der Waals surface area contributed by atoms with E-state index < -0.39 is 5.97 Å². The molecule has 0 bridgehead atoms.